The Hall–Kier alpha value is -3.90. The predicted octanol–water partition coefficient (Wildman–Crippen LogP) is 1.66. The van der Waals surface area contributed by atoms with E-state index in [4.69, 9.17) is 25.2 Å². The molecule has 2 fully saturated rings. The van der Waals surface area contributed by atoms with Crippen LogP contribution < -0.4 is 15.5 Å². The Bertz CT molecular complexity index is 1310. The minimum absolute atomic E-state index is 0.139. The molecule has 0 bridgehead atoms. The second-order valence-corrected chi connectivity index (χ2v) is 9.08. The van der Waals surface area contributed by atoms with Gasteiger partial charge in [-0.25, -0.2) is 19.3 Å². The van der Waals surface area contributed by atoms with Gasteiger partial charge >= 0.3 is 0 Å². The van der Waals surface area contributed by atoms with Crippen molar-refractivity contribution in [2.45, 2.75) is 6.42 Å². The molecular formula is C25H27FN8O3. The number of rotatable bonds is 4. The molecular weight excluding hydrogens is 479 g/mol. The number of fused-ring (bicyclic) bond motifs is 1. The summed E-state index contributed by atoms with van der Waals surface area (Å²) in [6.07, 6.45) is 3.87. The topological polar surface area (TPSA) is 123 Å². The highest BCUT2D eigenvalue weighted by atomic mass is 19.1. The standard InChI is InChI=1S/C25H27FN8O3/c26-19-2-1-16(23(35)32-5-9-36-10-6-32)13-20(19)34-4-3-18-21(17-14-28-24(27)29-15-17)30-25(31-22(18)34)33-7-11-37-12-8-33/h1-2,13-15H,3-12H2,(H2,27,28,29). The molecule has 11 nitrogen and oxygen atoms in total. The third-order valence-corrected chi connectivity index (χ3v) is 6.84. The molecule has 37 heavy (non-hydrogen) atoms. The fourth-order valence-corrected chi connectivity index (χ4v) is 4.88. The lowest BCUT2D eigenvalue weighted by molar-refractivity contribution is 0.0303. The van der Waals surface area contributed by atoms with Gasteiger partial charge in [-0.05, 0) is 24.6 Å². The first kappa shape index (κ1) is 23.5. The van der Waals surface area contributed by atoms with Crippen molar-refractivity contribution in [1.82, 2.24) is 24.8 Å². The zero-order chi connectivity index (χ0) is 25.4. The summed E-state index contributed by atoms with van der Waals surface area (Å²) in [7, 11) is 0. The van der Waals surface area contributed by atoms with Gasteiger partial charge < -0.3 is 29.9 Å². The second-order valence-electron chi connectivity index (χ2n) is 9.08. The second kappa shape index (κ2) is 9.87. The number of carbonyl (C=O) groups is 1. The maximum Gasteiger partial charge on any atom is 0.254 e. The summed E-state index contributed by atoms with van der Waals surface area (Å²) in [5.74, 6) is 0.754. The molecule has 1 amide bonds. The number of nitrogens with two attached hydrogens (primary N) is 1. The largest absolute Gasteiger partial charge is 0.378 e. The Morgan fingerprint density at radius 2 is 1.65 bits per heavy atom. The maximum atomic E-state index is 15.3. The van der Waals surface area contributed by atoms with Crippen LogP contribution in [-0.4, -0.2) is 89.9 Å². The number of nitrogens with zero attached hydrogens (tertiary/aromatic N) is 7. The number of nitrogen functional groups attached to an aromatic ring is 1. The van der Waals surface area contributed by atoms with Crippen molar-refractivity contribution in [2.24, 2.45) is 0 Å². The molecule has 12 heteroatoms. The number of hydrogen-bond acceptors (Lipinski definition) is 10. The molecule has 0 atom stereocenters. The predicted molar refractivity (Wildman–Crippen MR) is 134 cm³/mol. The van der Waals surface area contributed by atoms with E-state index in [9.17, 15) is 4.79 Å². The van der Waals surface area contributed by atoms with E-state index in [1.807, 2.05) is 4.90 Å². The zero-order valence-corrected chi connectivity index (χ0v) is 20.3. The molecule has 0 saturated carbocycles. The normalized spacial score (nSPS) is 17.7. The van der Waals surface area contributed by atoms with Gasteiger partial charge in [0.15, 0.2) is 0 Å². The van der Waals surface area contributed by atoms with E-state index in [0.29, 0.717) is 99.8 Å². The van der Waals surface area contributed by atoms with Crippen LogP contribution in [0.1, 0.15) is 15.9 Å². The van der Waals surface area contributed by atoms with Gasteiger partial charge in [0.2, 0.25) is 11.9 Å². The molecule has 0 unspecified atom stereocenters. The summed E-state index contributed by atoms with van der Waals surface area (Å²) in [5, 5.41) is 0. The van der Waals surface area contributed by atoms with Crippen LogP contribution in [0.4, 0.5) is 27.8 Å². The van der Waals surface area contributed by atoms with Crippen molar-refractivity contribution < 1.29 is 18.7 Å². The minimum atomic E-state index is -0.421. The highest BCUT2D eigenvalue weighted by Crippen LogP contribution is 2.40. The Kier molecular flexibility index (Phi) is 6.26. The van der Waals surface area contributed by atoms with Gasteiger partial charge in [-0.2, -0.15) is 4.98 Å². The average molecular weight is 507 g/mol. The number of amides is 1. The zero-order valence-electron chi connectivity index (χ0n) is 20.3. The third-order valence-electron chi connectivity index (χ3n) is 6.84. The molecule has 3 aromatic rings. The van der Waals surface area contributed by atoms with Crippen LogP contribution in [0.2, 0.25) is 0 Å². The number of benzene rings is 1. The van der Waals surface area contributed by atoms with Crippen LogP contribution in [0, 0.1) is 5.82 Å². The molecule has 3 aliphatic heterocycles. The maximum absolute atomic E-state index is 15.3. The monoisotopic (exact) mass is 506 g/mol. The summed E-state index contributed by atoms with van der Waals surface area (Å²) in [6, 6.07) is 4.49. The molecule has 1 aromatic carbocycles. The number of carbonyl (C=O) groups excluding carboxylic acids is 1. The molecule has 2 aromatic heterocycles. The number of aromatic nitrogens is 4. The van der Waals surface area contributed by atoms with E-state index in [0.717, 1.165) is 5.56 Å². The molecule has 3 aliphatic rings. The van der Waals surface area contributed by atoms with Gasteiger partial charge in [-0.15, -0.1) is 0 Å². The first-order valence-corrected chi connectivity index (χ1v) is 12.3. The lowest BCUT2D eigenvalue weighted by Crippen LogP contribution is -2.40. The van der Waals surface area contributed by atoms with E-state index in [1.165, 1.54) is 12.1 Å². The van der Waals surface area contributed by atoms with Crippen LogP contribution in [0.3, 0.4) is 0 Å². The number of halogens is 1. The van der Waals surface area contributed by atoms with Crippen molar-refractivity contribution >= 4 is 29.3 Å². The lowest BCUT2D eigenvalue weighted by Gasteiger charge is -2.29. The lowest BCUT2D eigenvalue weighted by atomic mass is 10.1. The number of hydrogen-bond donors (Lipinski definition) is 1. The Morgan fingerprint density at radius 3 is 2.38 bits per heavy atom. The Labute approximate surface area is 213 Å². The number of anilines is 4. The summed E-state index contributed by atoms with van der Waals surface area (Å²) >= 11 is 0. The van der Waals surface area contributed by atoms with Crippen LogP contribution in [0.15, 0.2) is 30.6 Å². The van der Waals surface area contributed by atoms with Gasteiger partial charge in [-0.3, -0.25) is 4.79 Å². The van der Waals surface area contributed by atoms with Crippen molar-refractivity contribution in [2.75, 3.05) is 74.7 Å². The molecule has 0 spiro atoms. The molecule has 2 saturated heterocycles. The quantitative estimate of drug-likeness (QED) is 0.559. The molecule has 192 valence electrons. The van der Waals surface area contributed by atoms with E-state index in [2.05, 4.69) is 14.9 Å². The van der Waals surface area contributed by atoms with E-state index in [1.54, 1.807) is 23.4 Å². The smallest absolute Gasteiger partial charge is 0.254 e. The van der Waals surface area contributed by atoms with Gasteiger partial charge in [0.1, 0.15) is 11.6 Å². The summed E-state index contributed by atoms with van der Waals surface area (Å²) in [5.41, 5.74) is 8.72. The fraction of sp³-hybridized carbons (Fsp3) is 0.400. The summed E-state index contributed by atoms with van der Waals surface area (Å²) < 4.78 is 26.1. The highest BCUT2D eigenvalue weighted by Gasteiger charge is 2.31. The molecule has 6 rings (SSSR count). The SMILES string of the molecule is Nc1ncc(-c2nc(N3CCOCC3)nc3c2CCN3c2cc(C(=O)N3CCOCC3)ccc2F)cn1. The van der Waals surface area contributed by atoms with Crippen LogP contribution >= 0.6 is 0 Å². The van der Waals surface area contributed by atoms with Crippen molar-refractivity contribution in [3.05, 3.63) is 47.5 Å². The summed E-state index contributed by atoms with van der Waals surface area (Å²) in [4.78, 5) is 36.8. The molecule has 0 radical (unpaired) electrons. The van der Waals surface area contributed by atoms with E-state index >= 15 is 4.39 Å². The van der Waals surface area contributed by atoms with Gasteiger partial charge in [0, 0.05) is 61.8 Å². The minimum Gasteiger partial charge on any atom is -0.378 e. The van der Waals surface area contributed by atoms with Gasteiger partial charge in [0.05, 0.1) is 37.8 Å². The number of ether oxygens (including phenoxy) is 2. The van der Waals surface area contributed by atoms with E-state index < -0.39 is 5.82 Å². The molecule has 0 aliphatic carbocycles. The van der Waals surface area contributed by atoms with Crippen molar-refractivity contribution in [3.8, 4) is 11.3 Å². The first-order chi connectivity index (χ1) is 18.1. The molecule has 2 N–H and O–H groups in total. The Morgan fingerprint density at radius 1 is 0.946 bits per heavy atom. The number of morpholine rings is 2. The first-order valence-electron chi connectivity index (χ1n) is 12.3. The molecule has 5 heterocycles. The average Bonchev–Trinajstić information content (AvgIpc) is 3.38. The van der Waals surface area contributed by atoms with E-state index in [-0.39, 0.29) is 11.9 Å². The van der Waals surface area contributed by atoms with Crippen LogP contribution in [0.25, 0.3) is 11.3 Å². The van der Waals surface area contributed by atoms with Gasteiger partial charge in [-0.1, -0.05) is 0 Å². The van der Waals surface area contributed by atoms with Crippen LogP contribution in [0.5, 0.6) is 0 Å². The Balaban J connectivity index is 1.42. The van der Waals surface area contributed by atoms with Crippen molar-refractivity contribution in [3.63, 3.8) is 0 Å². The van der Waals surface area contributed by atoms with Crippen LogP contribution in [-0.2, 0) is 15.9 Å². The summed E-state index contributed by atoms with van der Waals surface area (Å²) in [6.45, 7) is 4.96. The van der Waals surface area contributed by atoms with Gasteiger partial charge in [0.25, 0.3) is 5.91 Å². The fourth-order valence-electron chi connectivity index (χ4n) is 4.88. The third kappa shape index (κ3) is 4.53. The van der Waals surface area contributed by atoms with Crippen molar-refractivity contribution in [1.29, 1.82) is 0 Å². The highest BCUT2D eigenvalue weighted by molar-refractivity contribution is 5.95.